The highest BCUT2D eigenvalue weighted by Crippen LogP contribution is 2.39. The zero-order valence-electron chi connectivity index (χ0n) is 7.96. The first-order valence-corrected chi connectivity index (χ1v) is 5.97. The van der Waals surface area contributed by atoms with Gasteiger partial charge in [-0.15, -0.1) is 0 Å². The van der Waals surface area contributed by atoms with Gasteiger partial charge in [0.05, 0.1) is 10.6 Å². The largest absolute Gasteiger partial charge is 0.417 e. The van der Waals surface area contributed by atoms with Crippen LogP contribution in [-0.4, -0.2) is 14.4 Å². The Morgan fingerprint density at radius 2 is 1.88 bits per heavy atom. The molecule has 0 radical (unpaired) electrons. The van der Waals surface area contributed by atoms with Crippen molar-refractivity contribution in [2.75, 3.05) is 6.01 Å². The number of benzene rings is 1. The van der Waals surface area contributed by atoms with Gasteiger partial charge in [-0.2, -0.15) is 21.6 Å². The van der Waals surface area contributed by atoms with Crippen molar-refractivity contribution in [3.8, 4) is 5.75 Å². The van der Waals surface area contributed by atoms with Gasteiger partial charge in [-0.25, -0.2) is 4.39 Å². The fourth-order valence-electron chi connectivity index (χ4n) is 0.953. The predicted molar refractivity (Wildman–Crippen MR) is 52.0 cm³/mol. The molecule has 0 aliphatic rings. The molecule has 0 atom stereocenters. The van der Waals surface area contributed by atoms with E-state index in [1.807, 2.05) is 0 Å². The van der Waals surface area contributed by atoms with Crippen LogP contribution in [0.15, 0.2) is 18.2 Å². The van der Waals surface area contributed by atoms with E-state index < -0.39 is 38.6 Å². The van der Waals surface area contributed by atoms with E-state index >= 15 is 0 Å². The molecule has 1 aromatic rings. The fraction of sp³-hybridized carbons (Fsp3) is 0.250. The molecule has 0 bridgehead atoms. The Morgan fingerprint density at radius 3 is 2.35 bits per heavy atom. The Morgan fingerprint density at radius 1 is 1.29 bits per heavy atom. The standard InChI is InChI=1S/C8H5ClF4O3S/c9-7-5(8(11,12)13)2-1-3-6(7)16-17(14,15)4-10/h1-3H,4H2. The minimum atomic E-state index is -4.75. The van der Waals surface area contributed by atoms with Crippen LogP contribution in [0.3, 0.4) is 0 Å². The average molecular weight is 293 g/mol. The normalized spacial score (nSPS) is 12.5. The lowest BCUT2D eigenvalue weighted by Gasteiger charge is -2.12. The van der Waals surface area contributed by atoms with Crippen molar-refractivity contribution in [1.82, 2.24) is 0 Å². The SMILES string of the molecule is O=S(=O)(CF)Oc1cccc(C(F)(F)F)c1Cl. The van der Waals surface area contributed by atoms with E-state index in [9.17, 15) is 26.0 Å². The van der Waals surface area contributed by atoms with Gasteiger partial charge in [0.1, 0.15) is 0 Å². The second-order valence-electron chi connectivity index (χ2n) is 2.87. The monoisotopic (exact) mass is 292 g/mol. The number of alkyl halides is 4. The summed E-state index contributed by atoms with van der Waals surface area (Å²) in [7, 11) is -4.58. The molecule has 0 saturated carbocycles. The van der Waals surface area contributed by atoms with Crippen LogP contribution in [0, 0.1) is 0 Å². The van der Waals surface area contributed by atoms with E-state index in [4.69, 9.17) is 11.6 Å². The molecule has 0 aromatic heterocycles. The molecule has 3 nitrogen and oxygen atoms in total. The summed E-state index contributed by atoms with van der Waals surface area (Å²) < 4.78 is 74.7. The van der Waals surface area contributed by atoms with E-state index in [0.717, 1.165) is 12.1 Å². The van der Waals surface area contributed by atoms with Crippen LogP contribution in [-0.2, 0) is 16.3 Å². The molecule has 0 saturated heterocycles. The van der Waals surface area contributed by atoms with Gasteiger partial charge in [0.2, 0.25) is 6.01 Å². The van der Waals surface area contributed by atoms with Gasteiger partial charge in [-0.1, -0.05) is 17.7 Å². The van der Waals surface area contributed by atoms with Crippen molar-refractivity contribution in [2.45, 2.75) is 6.18 Å². The molecule has 1 aromatic carbocycles. The van der Waals surface area contributed by atoms with E-state index in [-0.39, 0.29) is 0 Å². The minimum absolute atomic E-state index is 0.650. The molecule has 0 amide bonds. The molecule has 1 rings (SSSR count). The zero-order valence-corrected chi connectivity index (χ0v) is 9.53. The van der Waals surface area contributed by atoms with E-state index in [2.05, 4.69) is 4.18 Å². The molecular weight excluding hydrogens is 288 g/mol. The number of hydrogen-bond acceptors (Lipinski definition) is 3. The van der Waals surface area contributed by atoms with Crippen LogP contribution in [0.2, 0.25) is 5.02 Å². The van der Waals surface area contributed by atoms with Crippen LogP contribution in [0.1, 0.15) is 5.56 Å². The number of rotatable bonds is 3. The van der Waals surface area contributed by atoms with Crippen LogP contribution in [0.25, 0.3) is 0 Å². The smallest absolute Gasteiger partial charge is 0.379 e. The lowest BCUT2D eigenvalue weighted by Crippen LogP contribution is -2.12. The second kappa shape index (κ2) is 4.69. The van der Waals surface area contributed by atoms with E-state index in [1.165, 1.54) is 0 Å². The summed E-state index contributed by atoms with van der Waals surface area (Å²) in [4.78, 5) is 0. The third kappa shape index (κ3) is 3.47. The maximum absolute atomic E-state index is 12.4. The molecule has 9 heteroatoms. The molecule has 96 valence electrons. The Hall–Kier alpha value is -1.02. The number of hydrogen-bond donors (Lipinski definition) is 0. The fourth-order valence-corrected chi connectivity index (χ4v) is 1.73. The molecule has 0 aliphatic heterocycles. The lowest BCUT2D eigenvalue weighted by molar-refractivity contribution is -0.137. The summed E-state index contributed by atoms with van der Waals surface area (Å²) >= 11 is 5.32. The van der Waals surface area contributed by atoms with Gasteiger partial charge in [0.25, 0.3) is 0 Å². The molecule has 0 aliphatic carbocycles. The van der Waals surface area contributed by atoms with Gasteiger partial charge in [0, 0.05) is 0 Å². The van der Waals surface area contributed by atoms with Gasteiger partial charge >= 0.3 is 16.3 Å². The first-order chi connectivity index (χ1) is 7.67. The summed E-state index contributed by atoms with van der Waals surface area (Å²) in [6.07, 6.45) is -4.75. The first-order valence-electron chi connectivity index (χ1n) is 4.01. The zero-order chi connectivity index (χ0) is 13.3. The van der Waals surface area contributed by atoms with Crippen molar-refractivity contribution in [2.24, 2.45) is 0 Å². The van der Waals surface area contributed by atoms with E-state index in [1.54, 1.807) is 0 Å². The Bertz CT molecular complexity index is 512. The van der Waals surface area contributed by atoms with Crippen LogP contribution < -0.4 is 4.18 Å². The van der Waals surface area contributed by atoms with Crippen molar-refractivity contribution in [3.05, 3.63) is 28.8 Å². The Labute approximate surface area is 99.1 Å². The average Bonchev–Trinajstić information content (AvgIpc) is 2.19. The van der Waals surface area contributed by atoms with Gasteiger partial charge < -0.3 is 4.18 Å². The quantitative estimate of drug-likeness (QED) is 0.635. The van der Waals surface area contributed by atoms with Gasteiger partial charge in [-0.3, -0.25) is 0 Å². The summed E-state index contributed by atoms with van der Waals surface area (Å²) in [5.74, 6) is -0.765. The van der Waals surface area contributed by atoms with Crippen molar-refractivity contribution in [1.29, 1.82) is 0 Å². The third-order valence-electron chi connectivity index (χ3n) is 1.62. The summed E-state index contributed by atoms with van der Waals surface area (Å²) in [5, 5.41) is -0.933. The predicted octanol–water partition coefficient (Wildman–Crippen LogP) is 2.99. The molecule has 17 heavy (non-hydrogen) atoms. The van der Waals surface area contributed by atoms with E-state index in [0.29, 0.717) is 6.07 Å². The van der Waals surface area contributed by atoms with Crippen molar-refractivity contribution >= 4 is 21.7 Å². The maximum atomic E-state index is 12.4. The maximum Gasteiger partial charge on any atom is 0.417 e. The highest BCUT2D eigenvalue weighted by molar-refractivity contribution is 7.86. The summed E-state index contributed by atoms with van der Waals surface area (Å²) in [6, 6.07) is 0.583. The Kier molecular flexibility index (Phi) is 3.88. The second-order valence-corrected chi connectivity index (χ2v) is 4.74. The van der Waals surface area contributed by atoms with Gasteiger partial charge in [0.15, 0.2) is 5.75 Å². The Balaban J connectivity index is 3.21. The first kappa shape index (κ1) is 14.0. The van der Waals surface area contributed by atoms with Crippen molar-refractivity contribution in [3.63, 3.8) is 0 Å². The topological polar surface area (TPSA) is 43.4 Å². The minimum Gasteiger partial charge on any atom is -0.379 e. The third-order valence-corrected chi connectivity index (χ3v) is 2.71. The molecule has 0 unspecified atom stereocenters. The number of halogens is 5. The molecule has 0 spiro atoms. The highest BCUT2D eigenvalue weighted by Gasteiger charge is 2.34. The molecule has 0 fully saturated rings. The highest BCUT2D eigenvalue weighted by atomic mass is 35.5. The van der Waals surface area contributed by atoms with Gasteiger partial charge in [-0.05, 0) is 12.1 Å². The van der Waals surface area contributed by atoms with Crippen LogP contribution in [0.5, 0.6) is 5.75 Å². The summed E-state index contributed by atoms with van der Waals surface area (Å²) in [5.41, 5.74) is -1.26. The van der Waals surface area contributed by atoms with Crippen LogP contribution >= 0.6 is 11.6 Å². The van der Waals surface area contributed by atoms with Crippen LogP contribution in [0.4, 0.5) is 17.6 Å². The molecule has 0 heterocycles. The van der Waals surface area contributed by atoms with Crippen molar-refractivity contribution < 1.29 is 30.2 Å². The lowest BCUT2D eigenvalue weighted by atomic mass is 10.2. The summed E-state index contributed by atoms with van der Waals surface area (Å²) in [6.45, 7) is 0. The molecular formula is C8H5ClF4O3S. The molecule has 0 N–H and O–H groups in total.